The van der Waals surface area contributed by atoms with Gasteiger partial charge in [-0.25, -0.2) is 0 Å². The summed E-state index contributed by atoms with van der Waals surface area (Å²) in [5.74, 6) is -0.540. The van der Waals surface area contributed by atoms with Gasteiger partial charge >= 0.3 is 6.18 Å². The van der Waals surface area contributed by atoms with Crippen LogP contribution in [0.25, 0.3) is 0 Å². The molecule has 0 aromatic heterocycles. The van der Waals surface area contributed by atoms with Gasteiger partial charge in [0.05, 0.1) is 12.1 Å². The Hall–Kier alpha value is -2.14. The van der Waals surface area contributed by atoms with Gasteiger partial charge in [0.2, 0.25) is 0 Å². The summed E-state index contributed by atoms with van der Waals surface area (Å²) in [5.41, 5.74) is 2.26. The lowest BCUT2D eigenvalue weighted by Gasteiger charge is -2.13. The molecular formula is C18H13ClF3NO. The van der Waals surface area contributed by atoms with E-state index in [2.05, 4.69) is 4.99 Å². The van der Waals surface area contributed by atoms with Crippen molar-refractivity contribution < 1.29 is 18.0 Å². The van der Waals surface area contributed by atoms with Crippen LogP contribution in [0.15, 0.2) is 53.5 Å². The number of nitrogens with zero attached hydrogens (tertiary/aromatic N) is 1. The van der Waals surface area contributed by atoms with Crippen LogP contribution >= 0.6 is 11.6 Å². The first kappa shape index (κ1) is 16.7. The molecule has 1 aliphatic rings. The Morgan fingerprint density at radius 2 is 1.83 bits per heavy atom. The maximum absolute atomic E-state index is 12.8. The molecular weight excluding hydrogens is 339 g/mol. The SMILES string of the molecule is O=C1Cc2ccc(Cl)cc2C(c2ccccc2)=N[C@H]1CC(F)(F)F. The molecule has 24 heavy (non-hydrogen) atoms. The summed E-state index contributed by atoms with van der Waals surface area (Å²) in [7, 11) is 0. The fraction of sp³-hybridized carbons (Fsp3) is 0.222. The number of benzene rings is 2. The van der Waals surface area contributed by atoms with Crippen molar-refractivity contribution in [2.24, 2.45) is 4.99 Å². The Bertz CT molecular complexity index is 800. The topological polar surface area (TPSA) is 29.4 Å². The molecule has 0 saturated carbocycles. The van der Waals surface area contributed by atoms with Crippen molar-refractivity contribution in [2.75, 3.05) is 0 Å². The number of rotatable bonds is 2. The normalized spacial score (nSPS) is 17.9. The van der Waals surface area contributed by atoms with Gasteiger partial charge in [-0.05, 0) is 17.7 Å². The predicted molar refractivity (Wildman–Crippen MR) is 86.7 cm³/mol. The van der Waals surface area contributed by atoms with Crippen LogP contribution in [-0.2, 0) is 11.2 Å². The van der Waals surface area contributed by atoms with Crippen LogP contribution in [0.4, 0.5) is 13.2 Å². The Labute approximate surface area is 142 Å². The first-order valence-electron chi connectivity index (χ1n) is 7.35. The van der Waals surface area contributed by atoms with Crippen molar-refractivity contribution in [1.82, 2.24) is 0 Å². The van der Waals surface area contributed by atoms with Crippen LogP contribution in [0.2, 0.25) is 5.02 Å². The van der Waals surface area contributed by atoms with Crippen molar-refractivity contribution in [3.63, 3.8) is 0 Å². The molecule has 0 bridgehead atoms. The molecule has 124 valence electrons. The molecule has 0 spiro atoms. The van der Waals surface area contributed by atoms with Crippen LogP contribution < -0.4 is 0 Å². The van der Waals surface area contributed by atoms with Crippen LogP contribution in [0.3, 0.4) is 0 Å². The Kier molecular flexibility index (Phi) is 4.45. The minimum absolute atomic E-state index is 0.0902. The minimum Gasteiger partial charge on any atom is -0.297 e. The molecule has 2 nitrogen and oxygen atoms in total. The van der Waals surface area contributed by atoms with E-state index in [0.717, 1.165) is 0 Å². The molecule has 1 atom stereocenters. The highest BCUT2D eigenvalue weighted by Crippen LogP contribution is 2.29. The van der Waals surface area contributed by atoms with Crippen LogP contribution in [0.5, 0.6) is 0 Å². The predicted octanol–water partition coefficient (Wildman–Crippen LogP) is 4.62. The smallest absolute Gasteiger partial charge is 0.297 e. The van der Waals surface area contributed by atoms with Gasteiger partial charge in [0.15, 0.2) is 5.78 Å². The average molecular weight is 352 g/mol. The van der Waals surface area contributed by atoms with Gasteiger partial charge in [-0.3, -0.25) is 9.79 Å². The molecule has 0 amide bonds. The van der Waals surface area contributed by atoms with E-state index >= 15 is 0 Å². The molecule has 1 aliphatic heterocycles. The number of carbonyl (C=O) groups excluding carboxylic acids is 1. The molecule has 1 heterocycles. The third-order valence-corrected chi connectivity index (χ3v) is 4.06. The van der Waals surface area contributed by atoms with Crippen LogP contribution in [0, 0.1) is 0 Å². The lowest BCUT2D eigenvalue weighted by Crippen LogP contribution is -2.27. The molecule has 0 radical (unpaired) electrons. The van der Waals surface area contributed by atoms with E-state index in [9.17, 15) is 18.0 Å². The second kappa shape index (κ2) is 6.40. The number of Topliss-reactive ketones (excluding diaryl/α,β-unsaturated/α-hetero) is 1. The second-order valence-electron chi connectivity index (χ2n) is 5.62. The van der Waals surface area contributed by atoms with Gasteiger partial charge < -0.3 is 0 Å². The van der Waals surface area contributed by atoms with Crippen molar-refractivity contribution >= 4 is 23.1 Å². The van der Waals surface area contributed by atoms with E-state index < -0.39 is 24.4 Å². The van der Waals surface area contributed by atoms with E-state index in [-0.39, 0.29) is 6.42 Å². The number of halogens is 4. The summed E-state index contributed by atoms with van der Waals surface area (Å²) in [6.07, 6.45) is -5.81. The average Bonchev–Trinajstić information content (AvgIpc) is 2.64. The third-order valence-electron chi connectivity index (χ3n) is 3.82. The summed E-state index contributed by atoms with van der Waals surface area (Å²) >= 11 is 6.04. The van der Waals surface area contributed by atoms with Gasteiger partial charge in [0.1, 0.15) is 6.04 Å². The number of hydrogen-bond donors (Lipinski definition) is 0. The number of aliphatic imine (C=N–C) groups is 1. The van der Waals surface area contributed by atoms with Crippen molar-refractivity contribution in [1.29, 1.82) is 0 Å². The summed E-state index contributed by atoms with van der Waals surface area (Å²) < 4.78 is 38.5. The highest BCUT2D eigenvalue weighted by molar-refractivity contribution is 6.31. The molecule has 0 fully saturated rings. The van der Waals surface area contributed by atoms with E-state index in [1.807, 2.05) is 0 Å². The summed E-state index contributed by atoms with van der Waals surface area (Å²) in [5, 5.41) is 0.444. The Morgan fingerprint density at radius 1 is 1.12 bits per heavy atom. The summed E-state index contributed by atoms with van der Waals surface area (Å²) in [6.45, 7) is 0. The fourth-order valence-corrected chi connectivity index (χ4v) is 2.90. The maximum Gasteiger partial charge on any atom is 0.391 e. The van der Waals surface area contributed by atoms with E-state index in [0.29, 0.717) is 27.4 Å². The quantitative estimate of drug-likeness (QED) is 0.776. The zero-order valence-corrected chi connectivity index (χ0v) is 13.2. The van der Waals surface area contributed by atoms with Crippen LogP contribution in [-0.4, -0.2) is 23.7 Å². The second-order valence-corrected chi connectivity index (χ2v) is 6.06. The number of fused-ring (bicyclic) bond motifs is 1. The zero-order valence-electron chi connectivity index (χ0n) is 12.5. The van der Waals surface area contributed by atoms with E-state index in [1.165, 1.54) is 0 Å². The summed E-state index contributed by atoms with van der Waals surface area (Å²) in [4.78, 5) is 16.5. The van der Waals surface area contributed by atoms with Gasteiger partial charge in [-0.2, -0.15) is 13.2 Å². The third kappa shape index (κ3) is 3.67. The molecule has 2 aromatic rings. The van der Waals surface area contributed by atoms with Crippen molar-refractivity contribution in [3.8, 4) is 0 Å². The molecule has 0 N–H and O–H groups in total. The molecule has 6 heteroatoms. The highest BCUT2D eigenvalue weighted by Gasteiger charge is 2.37. The van der Waals surface area contributed by atoms with Crippen LogP contribution in [0.1, 0.15) is 23.1 Å². The zero-order chi connectivity index (χ0) is 17.3. The number of carbonyl (C=O) groups is 1. The fourth-order valence-electron chi connectivity index (χ4n) is 2.73. The molecule has 0 unspecified atom stereocenters. The Balaban J connectivity index is 2.16. The first-order valence-corrected chi connectivity index (χ1v) is 7.73. The molecule has 2 aromatic carbocycles. The number of alkyl halides is 3. The van der Waals surface area contributed by atoms with Crippen molar-refractivity contribution in [3.05, 3.63) is 70.2 Å². The molecule has 3 rings (SSSR count). The van der Waals surface area contributed by atoms with Gasteiger partial charge in [-0.1, -0.05) is 48.0 Å². The largest absolute Gasteiger partial charge is 0.391 e. The first-order chi connectivity index (χ1) is 11.3. The minimum atomic E-state index is -4.46. The standard InChI is InChI=1S/C18H13ClF3NO/c19-13-7-6-12-8-16(24)15(10-18(20,21)22)23-17(14(12)9-13)11-4-2-1-3-5-11/h1-7,9,15H,8,10H2/t15-/m0/s1. The van der Waals surface area contributed by atoms with Gasteiger partial charge in [0.25, 0.3) is 0 Å². The highest BCUT2D eigenvalue weighted by atomic mass is 35.5. The Morgan fingerprint density at radius 3 is 2.50 bits per heavy atom. The van der Waals surface area contributed by atoms with Crippen molar-refractivity contribution in [2.45, 2.75) is 25.1 Å². The molecule has 0 aliphatic carbocycles. The lowest BCUT2D eigenvalue weighted by atomic mass is 9.95. The van der Waals surface area contributed by atoms with E-state index in [1.54, 1.807) is 48.5 Å². The number of hydrogen-bond acceptors (Lipinski definition) is 2. The summed E-state index contributed by atoms with van der Waals surface area (Å²) in [6, 6.07) is 12.4. The monoisotopic (exact) mass is 351 g/mol. The van der Waals surface area contributed by atoms with Gasteiger partial charge in [-0.15, -0.1) is 0 Å². The molecule has 0 saturated heterocycles. The maximum atomic E-state index is 12.8. The van der Waals surface area contributed by atoms with E-state index in [4.69, 9.17) is 11.6 Å². The van der Waals surface area contributed by atoms with Gasteiger partial charge in [0, 0.05) is 22.6 Å². The lowest BCUT2D eigenvalue weighted by molar-refractivity contribution is -0.145. The number of ketones is 1.